The molecular weight excluding hydrogens is 269 g/mol. The molecule has 3 nitrogen and oxygen atoms in total. The molecule has 1 aromatic rings. The molecule has 4 heteroatoms. The third-order valence-corrected chi connectivity index (χ3v) is 5.12. The smallest absolute Gasteiger partial charge is 0.260 e. The number of amides is 1. The summed E-state index contributed by atoms with van der Waals surface area (Å²) in [7, 11) is 0. The summed E-state index contributed by atoms with van der Waals surface area (Å²) in [6, 6.07) is 7.81. The summed E-state index contributed by atoms with van der Waals surface area (Å²) in [4.78, 5) is 14.5. The molecule has 4 rings (SSSR count). The minimum atomic E-state index is -1.65. The van der Waals surface area contributed by atoms with Gasteiger partial charge in [-0.1, -0.05) is 24.6 Å². The summed E-state index contributed by atoms with van der Waals surface area (Å²) in [5, 5.41) is 0. The Morgan fingerprint density at radius 3 is 2.81 bits per heavy atom. The van der Waals surface area contributed by atoms with E-state index < -0.39 is 5.67 Å². The van der Waals surface area contributed by atoms with Gasteiger partial charge in [0.2, 0.25) is 0 Å². The highest BCUT2D eigenvalue weighted by atomic mass is 19.1. The van der Waals surface area contributed by atoms with Crippen molar-refractivity contribution >= 4 is 5.91 Å². The molecule has 0 spiro atoms. The number of halogens is 1. The lowest BCUT2D eigenvalue weighted by Crippen LogP contribution is -2.47. The molecule has 112 valence electrons. The maximum Gasteiger partial charge on any atom is 0.260 e. The molecule has 0 unspecified atom stereocenters. The molecule has 2 fully saturated rings. The summed E-state index contributed by atoms with van der Waals surface area (Å²) in [5.74, 6) is 0.542. The fraction of sp³-hybridized carbons (Fsp3) is 0.588. The van der Waals surface area contributed by atoms with Crippen LogP contribution in [0.25, 0.3) is 0 Å². The average Bonchev–Trinajstić information content (AvgIpc) is 2.85. The van der Waals surface area contributed by atoms with E-state index in [4.69, 9.17) is 4.74 Å². The third-order valence-electron chi connectivity index (χ3n) is 5.12. The highest BCUT2D eigenvalue weighted by Crippen LogP contribution is 2.45. The lowest BCUT2D eigenvalue weighted by molar-refractivity contribution is -0.147. The number of fused-ring (bicyclic) bond motifs is 4. The molecule has 2 aliphatic heterocycles. The first-order valence-corrected chi connectivity index (χ1v) is 7.93. The van der Waals surface area contributed by atoms with Crippen LogP contribution >= 0.6 is 0 Å². The fourth-order valence-corrected chi connectivity index (χ4v) is 4.03. The molecule has 0 aromatic heterocycles. The van der Waals surface area contributed by atoms with Gasteiger partial charge in [0.05, 0.1) is 12.6 Å². The predicted molar refractivity (Wildman–Crippen MR) is 76.9 cm³/mol. The van der Waals surface area contributed by atoms with Crippen molar-refractivity contribution < 1.29 is 13.9 Å². The first-order valence-electron chi connectivity index (χ1n) is 7.93. The minimum absolute atomic E-state index is 0.0120. The van der Waals surface area contributed by atoms with E-state index in [2.05, 4.69) is 0 Å². The second kappa shape index (κ2) is 4.72. The van der Waals surface area contributed by atoms with Gasteiger partial charge in [-0.25, -0.2) is 4.39 Å². The summed E-state index contributed by atoms with van der Waals surface area (Å²) in [6.45, 7) is 0.518. The van der Waals surface area contributed by atoms with Crippen LogP contribution in [0.3, 0.4) is 0 Å². The van der Waals surface area contributed by atoms with Crippen molar-refractivity contribution in [2.45, 2.75) is 56.3 Å². The third kappa shape index (κ3) is 2.03. The van der Waals surface area contributed by atoms with E-state index in [1.54, 1.807) is 4.90 Å². The quantitative estimate of drug-likeness (QED) is 0.793. The number of ether oxygens (including phenoxy) is 1. The molecule has 3 aliphatic rings. The van der Waals surface area contributed by atoms with E-state index in [1.165, 1.54) is 0 Å². The SMILES string of the molecule is O=C(N1C[C@@H]2C[C@H]1c1ccccc1O2)C1(F)CCCCC1. The first kappa shape index (κ1) is 13.1. The fourth-order valence-electron chi connectivity index (χ4n) is 4.03. The van der Waals surface area contributed by atoms with Crippen molar-refractivity contribution in [3.05, 3.63) is 29.8 Å². The monoisotopic (exact) mass is 289 g/mol. The molecular formula is C17H20FNO2. The Hall–Kier alpha value is -1.58. The summed E-state index contributed by atoms with van der Waals surface area (Å²) in [5.41, 5.74) is -0.621. The number of alkyl halides is 1. The zero-order valence-corrected chi connectivity index (χ0v) is 12.1. The van der Waals surface area contributed by atoms with Gasteiger partial charge in [-0.15, -0.1) is 0 Å². The van der Waals surface area contributed by atoms with Gasteiger partial charge < -0.3 is 9.64 Å². The standard InChI is InChI=1S/C17H20FNO2/c18-17(8-4-1-5-9-17)16(20)19-11-12-10-14(19)13-6-2-3-7-15(13)21-12/h2-3,6-7,12,14H,1,4-5,8-11H2/t12-,14-/m0/s1. The molecule has 2 atom stereocenters. The largest absolute Gasteiger partial charge is 0.488 e. The first-order chi connectivity index (χ1) is 10.2. The number of carbonyl (C=O) groups excluding carboxylic acids is 1. The van der Waals surface area contributed by atoms with Crippen molar-refractivity contribution in [1.82, 2.24) is 4.90 Å². The predicted octanol–water partition coefficient (Wildman–Crippen LogP) is 3.39. The second-order valence-electron chi connectivity index (χ2n) is 6.51. The zero-order valence-electron chi connectivity index (χ0n) is 12.1. The lowest BCUT2D eigenvalue weighted by Gasteiger charge is -2.34. The highest BCUT2D eigenvalue weighted by molar-refractivity contribution is 5.86. The van der Waals surface area contributed by atoms with Crippen LogP contribution in [0, 0.1) is 0 Å². The Morgan fingerprint density at radius 2 is 2.00 bits per heavy atom. The highest BCUT2D eigenvalue weighted by Gasteiger charge is 2.49. The number of para-hydroxylation sites is 1. The molecule has 1 aromatic carbocycles. The number of carbonyl (C=O) groups is 1. The van der Waals surface area contributed by atoms with Crippen LogP contribution in [0.15, 0.2) is 24.3 Å². The van der Waals surface area contributed by atoms with Crippen LogP contribution in [0.2, 0.25) is 0 Å². The zero-order chi connectivity index (χ0) is 14.4. The Labute approximate surface area is 124 Å². The van der Waals surface area contributed by atoms with Crippen LogP contribution in [0.1, 0.15) is 50.1 Å². The number of hydrogen-bond acceptors (Lipinski definition) is 2. The Kier molecular flexibility index (Phi) is 2.95. The van der Waals surface area contributed by atoms with E-state index in [9.17, 15) is 4.79 Å². The molecule has 2 heterocycles. The van der Waals surface area contributed by atoms with Gasteiger partial charge in [-0.3, -0.25) is 4.79 Å². The van der Waals surface area contributed by atoms with Gasteiger partial charge in [0.15, 0.2) is 5.67 Å². The molecule has 1 aliphatic carbocycles. The molecule has 0 N–H and O–H groups in total. The van der Waals surface area contributed by atoms with Crippen LogP contribution in [0.5, 0.6) is 5.75 Å². The molecule has 1 amide bonds. The number of benzene rings is 1. The molecule has 1 saturated carbocycles. The van der Waals surface area contributed by atoms with Crippen molar-refractivity contribution in [2.75, 3.05) is 6.54 Å². The van der Waals surface area contributed by atoms with E-state index in [0.717, 1.165) is 37.0 Å². The van der Waals surface area contributed by atoms with Crippen molar-refractivity contribution in [2.24, 2.45) is 0 Å². The van der Waals surface area contributed by atoms with Gasteiger partial charge in [0.1, 0.15) is 11.9 Å². The summed E-state index contributed by atoms with van der Waals surface area (Å²) >= 11 is 0. The van der Waals surface area contributed by atoms with Gasteiger partial charge in [-0.05, 0) is 31.7 Å². The van der Waals surface area contributed by atoms with E-state index in [-0.39, 0.29) is 18.1 Å². The topological polar surface area (TPSA) is 29.5 Å². The normalized spacial score (nSPS) is 29.7. The van der Waals surface area contributed by atoms with Crippen molar-refractivity contribution in [3.63, 3.8) is 0 Å². The van der Waals surface area contributed by atoms with Crippen molar-refractivity contribution in [3.8, 4) is 5.75 Å². The van der Waals surface area contributed by atoms with E-state index in [1.807, 2.05) is 24.3 Å². The van der Waals surface area contributed by atoms with Crippen LogP contribution < -0.4 is 4.74 Å². The Balaban J connectivity index is 1.64. The van der Waals surface area contributed by atoms with Crippen molar-refractivity contribution in [1.29, 1.82) is 0 Å². The summed E-state index contributed by atoms with van der Waals surface area (Å²) in [6.07, 6.45) is 4.23. The van der Waals surface area contributed by atoms with Crippen LogP contribution in [-0.2, 0) is 4.79 Å². The minimum Gasteiger partial charge on any atom is -0.488 e. The summed E-state index contributed by atoms with van der Waals surface area (Å²) < 4.78 is 20.9. The van der Waals surface area contributed by atoms with Gasteiger partial charge in [0.25, 0.3) is 5.91 Å². The molecule has 21 heavy (non-hydrogen) atoms. The number of rotatable bonds is 1. The Bertz CT molecular complexity index is 568. The van der Waals surface area contributed by atoms with Gasteiger partial charge in [0, 0.05) is 12.0 Å². The number of nitrogens with zero attached hydrogens (tertiary/aromatic N) is 1. The maximum absolute atomic E-state index is 15.0. The number of likely N-dealkylation sites (tertiary alicyclic amines) is 1. The molecule has 0 radical (unpaired) electrons. The average molecular weight is 289 g/mol. The van der Waals surface area contributed by atoms with Crippen LogP contribution in [-0.4, -0.2) is 29.1 Å². The van der Waals surface area contributed by atoms with Crippen LogP contribution in [0.4, 0.5) is 4.39 Å². The number of hydrogen-bond donors (Lipinski definition) is 0. The molecule has 2 bridgehead atoms. The lowest BCUT2D eigenvalue weighted by atomic mass is 9.85. The molecule has 1 saturated heterocycles. The van der Waals surface area contributed by atoms with E-state index >= 15 is 4.39 Å². The van der Waals surface area contributed by atoms with Gasteiger partial charge >= 0.3 is 0 Å². The van der Waals surface area contributed by atoms with Gasteiger partial charge in [-0.2, -0.15) is 0 Å². The second-order valence-corrected chi connectivity index (χ2v) is 6.51. The van der Waals surface area contributed by atoms with E-state index in [0.29, 0.717) is 19.4 Å². The maximum atomic E-state index is 15.0. The Morgan fingerprint density at radius 1 is 1.24 bits per heavy atom.